The second-order valence-corrected chi connectivity index (χ2v) is 5.65. The van der Waals surface area contributed by atoms with Crippen molar-refractivity contribution in [3.05, 3.63) is 22.1 Å². The van der Waals surface area contributed by atoms with Gasteiger partial charge in [0.25, 0.3) is 0 Å². The molecule has 0 bridgehead atoms. The number of fused-ring (bicyclic) bond motifs is 1. The summed E-state index contributed by atoms with van der Waals surface area (Å²) in [6.45, 7) is 1.51. The van der Waals surface area contributed by atoms with E-state index in [2.05, 4.69) is 0 Å². The van der Waals surface area contributed by atoms with Gasteiger partial charge in [0.15, 0.2) is 0 Å². The van der Waals surface area contributed by atoms with Crippen LogP contribution in [0.4, 0.5) is 0 Å². The molecule has 2 rings (SSSR count). The zero-order chi connectivity index (χ0) is 15.0. The maximum atomic E-state index is 11.9. The molecule has 2 heterocycles. The van der Waals surface area contributed by atoms with E-state index in [1.165, 1.54) is 17.2 Å². The van der Waals surface area contributed by atoms with Gasteiger partial charge in [0, 0.05) is 17.4 Å². The van der Waals surface area contributed by atoms with E-state index in [1.54, 1.807) is 0 Å². The van der Waals surface area contributed by atoms with Crippen molar-refractivity contribution in [2.24, 2.45) is 11.7 Å². The minimum absolute atomic E-state index is 0.0731. The van der Waals surface area contributed by atoms with E-state index < -0.39 is 23.9 Å². The van der Waals surface area contributed by atoms with Crippen LogP contribution in [0.5, 0.6) is 0 Å². The molecule has 8 heteroatoms. The number of rotatable bonds is 5. The fraction of sp³-hybridized carbons (Fsp3) is 0.417. The van der Waals surface area contributed by atoms with Gasteiger partial charge in [-0.2, -0.15) is 0 Å². The van der Waals surface area contributed by atoms with Gasteiger partial charge >= 0.3 is 5.97 Å². The number of carboxylic acid groups (broad SMARTS) is 1. The Labute approximate surface area is 119 Å². The number of nitrogens with two attached hydrogens (primary N) is 1. The average Bonchev–Trinajstić information content (AvgIpc) is 2.63. The number of carbonyl (C=O) groups is 3. The van der Waals surface area contributed by atoms with Crippen LogP contribution in [0.25, 0.3) is 0 Å². The maximum Gasteiger partial charge on any atom is 0.353 e. The third-order valence-electron chi connectivity index (χ3n) is 3.33. The molecule has 2 aliphatic heterocycles. The largest absolute Gasteiger partial charge is 0.477 e. The monoisotopic (exact) mass is 298 g/mol. The number of primary amides is 1. The van der Waals surface area contributed by atoms with Crippen molar-refractivity contribution in [1.82, 2.24) is 4.90 Å². The fourth-order valence-electron chi connectivity index (χ4n) is 2.52. The van der Waals surface area contributed by atoms with Crippen molar-refractivity contribution in [2.45, 2.75) is 25.5 Å². The second kappa shape index (κ2) is 5.29. The van der Waals surface area contributed by atoms with E-state index in [4.69, 9.17) is 5.73 Å². The summed E-state index contributed by atoms with van der Waals surface area (Å²) in [6.07, 6.45) is 0.668. The van der Waals surface area contributed by atoms with E-state index in [-0.39, 0.29) is 17.6 Å². The van der Waals surface area contributed by atoms with Crippen LogP contribution in [-0.2, 0) is 14.4 Å². The highest BCUT2D eigenvalue weighted by Crippen LogP contribution is 2.47. The van der Waals surface area contributed by atoms with E-state index in [0.717, 1.165) is 17.8 Å². The second-order valence-electron chi connectivity index (χ2n) is 4.65. The summed E-state index contributed by atoms with van der Waals surface area (Å²) in [5.41, 5.74) is 4.88. The molecule has 3 atom stereocenters. The van der Waals surface area contributed by atoms with Crippen molar-refractivity contribution in [2.75, 3.05) is 0 Å². The first-order valence-electron chi connectivity index (χ1n) is 5.94. The Bertz CT molecular complexity index is 540. The smallest absolute Gasteiger partial charge is 0.353 e. The number of hydrogen-bond donors (Lipinski definition) is 3. The van der Waals surface area contributed by atoms with Crippen LogP contribution >= 0.6 is 11.8 Å². The molecule has 2 aliphatic rings. The molecule has 4 N–H and O–H groups in total. The predicted molar refractivity (Wildman–Crippen MR) is 71.0 cm³/mol. The van der Waals surface area contributed by atoms with Gasteiger partial charge in [-0.3, -0.25) is 9.59 Å². The number of carboxylic acids is 1. The normalized spacial score (nSPS) is 26.7. The van der Waals surface area contributed by atoms with E-state index >= 15 is 0 Å². The van der Waals surface area contributed by atoms with Gasteiger partial charge in [-0.1, -0.05) is 11.8 Å². The van der Waals surface area contributed by atoms with Crippen LogP contribution in [-0.4, -0.2) is 45.0 Å². The molecule has 0 aromatic rings. The van der Waals surface area contributed by atoms with E-state index in [1.807, 2.05) is 0 Å². The first-order valence-corrected chi connectivity index (χ1v) is 6.82. The number of thioether (sulfide) groups is 1. The molecule has 7 nitrogen and oxygen atoms in total. The van der Waals surface area contributed by atoms with Gasteiger partial charge in [0.2, 0.25) is 11.8 Å². The summed E-state index contributed by atoms with van der Waals surface area (Å²) in [4.78, 5) is 35.5. The number of hydrogen-bond acceptors (Lipinski definition) is 5. The highest BCUT2D eigenvalue weighted by atomic mass is 32.2. The van der Waals surface area contributed by atoms with E-state index in [9.17, 15) is 24.6 Å². The Morgan fingerprint density at radius 2 is 2.20 bits per heavy atom. The molecule has 1 fully saturated rings. The van der Waals surface area contributed by atoms with Gasteiger partial charge in [-0.25, -0.2) is 4.79 Å². The van der Waals surface area contributed by atoms with Crippen LogP contribution in [0.3, 0.4) is 0 Å². The lowest BCUT2D eigenvalue weighted by molar-refractivity contribution is -0.161. The zero-order valence-corrected chi connectivity index (χ0v) is 11.5. The molecule has 0 saturated carbocycles. The van der Waals surface area contributed by atoms with Crippen LogP contribution in [0, 0.1) is 5.92 Å². The number of aliphatic hydroxyl groups is 1. The fourth-order valence-corrected chi connectivity index (χ4v) is 3.45. The number of aliphatic carboxylic acids is 1. The minimum Gasteiger partial charge on any atom is -0.477 e. The molecule has 0 aromatic heterocycles. The first kappa shape index (κ1) is 14.6. The molecular formula is C12H14N2O5S. The van der Waals surface area contributed by atoms with Gasteiger partial charge < -0.3 is 20.8 Å². The number of carbonyl (C=O) groups excluding carboxylic acids is 2. The van der Waals surface area contributed by atoms with Gasteiger partial charge in [-0.05, 0) is 12.3 Å². The number of aliphatic hydroxyl groups excluding tert-OH is 1. The number of amides is 2. The summed E-state index contributed by atoms with van der Waals surface area (Å²) < 4.78 is 0. The quantitative estimate of drug-likeness (QED) is 0.470. The molecule has 2 amide bonds. The number of nitrogens with zero attached hydrogens (tertiary/aromatic N) is 1. The third kappa shape index (κ3) is 2.32. The highest BCUT2D eigenvalue weighted by Gasteiger charge is 2.56. The molecule has 108 valence electrons. The zero-order valence-electron chi connectivity index (χ0n) is 10.6. The van der Waals surface area contributed by atoms with Crippen molar-refractivity contribution >= 4 is 29.5 Å². The molecule has 0 radical (unpaired) electrons. The molecule has 0 aliphatic carbocycles. The topological polar surface area (TPSA) is 121 Å². The molecular weight excluding hydrogens is 284 g/mol. The van der Waals surface area contributed by atoms with E-state index in [0.29, 0.717) is 11.3 Å². The summed E-state index contributed by atoms with van der Waals surface area (Å²) in [5.74, 6) is -2.77. The van der Waals surface area contributed by atoms with Crippen molar-refractivity contribution in [1.29, 1.82) is 0 Å². The average molecular weight is 298 g/mol. The molecule has 0 aromatic carbocycles. The summed E-state index contributed by atoms with van der Waals surface area (Å²) in [7, 11) is 0. The molecule has 3 unspecified atom stereocenters. The summed E-state index contributed by atoms with van der Waals surface area (Å²) in [6, 6.07) is -0.321. The maximum absolute atomic E-state index is 11.9. The molecule has 0 spiro atoms. The standard InChI is InChI=1S/C12H14N2O5S/c1-5(15)9-6-4-7(20-3-2-8(13)16)10(12(18)19)14(6)11(9)17/h2-3,5-6,9,15H,4H2,1H3,(H2,13,16)(H,18,19). The Morgan fingerprint density at radius 3 is 2.70 bits per heavy atom. The minimum atomic E-state index is -1.19. The van der Waals surface area contributed by atoms with Gasteiger partial charge in [-0.15, -0.1) is 0 Å². The predicted octanol–water partition coefficient (Wildman–Crippen LogP) is -0.374. The van der Waals surface area contributed by atoms with Crippen molar-refractivity contribution < 1.29 is 24.6 Å². The molecule has 20 heavy (non-hydrogen) atoms. The first-order chi connectivity index (χ1) is 9.34. The van der Waals surface area contributed by atoms with Crippen LogP contribution in [0.15, 0.2) is 22.1 Å². The SMILES string of the molecule is CC(O)C1C(=O)N2C(C(=O)O)=C(SC=CC(N)=O)CC12. The summed E-state index contributed by atoms with van der Waals surface area (Å²) >= 11 is 1.05. The van der Waals surface area contributed by atoms with Crippen LogP contribution in [0.1, 0.15) is 13.3 Å². The Hall–Kier alpha value is -1.80. The lowest BCUT2D eigenvalue weighted by Crippen LogP contribution is -2.61. The van der Waals surface area contributed by atoms with Crippen molar-refractivity contribution in [3.8, 4) is 0 Å². The summed E-state index contributed by atoms with van der Waals surface area (Å²) in [5, 5.41) is 20.2. The lowest BCUT2D eigenvalue weighted by Gasteiger charge is -2.44. The Balaban J connectivity index is 2.21. The van der Waals surface area contributed by atoms with Gasteiger partial charge in [0.05, 0.1) is 18.1 Å². The number of β-lactam (4-membered cyclic amide) rings is 1. The van der Waals surface area contributed by atoms with Crippen molar-refractivity contribution in [3.63, 3.8) is 0 Å². The van der Waals surface area contributed by atoms with Gasteiger partial charge in [0.1, 0.15) is 5.70 Å². The molecule has 1 saturated heterocycles. The Kier molecular flexibility index (Phi) is 3.87. The lowest BCUT2D eigenvalue weighted by atomic mass is 9.83. The van der Waals surface area contributed by atoms with Crippen LogP contribution in [0.2, 0.25) is 0 Å². The Morgan fingerprint density at radius 1 is 1.55 bits per heavy atom. The third-order valence-corrected chi connectivity index (χ3v) is 4.25. The van der Waals surface area contributed by atoms with Crippen LogP contribution < -0.4 is 5.73 Å². The highest BCUT2D eigenvalue weighted by molar-refractivity contribution is 8.05.